The van der Waals surface area contributed by atoms with Crippen LogP contribution < -0.4 is 10.4 Å². The van der Waals surface area contributed by atoms with Crippen LogP contribution in [0.25, 0.3) is 11.0 Å². The fourth-order valence-electron chi connectivity index (χ4n) is 3.16. The summed E-state index contributed by atoms with van der Waals surface area (Å²) in [5.41, 5.74) is 4.79. The van der Waals surface area contributed by atoms with Crippen molar-refractivity contribution in [2.45, 2.75) is 33.9 Å². The molecule has 0 aliphatic carbocycles. The average molecular weight is 351 g/mol. The zero-order valence-electron chi connectivity index (χ0n) is 15.8. The molecule has 3 rings (SSSR count). The van der Waals surface area contributed by atoms with E-state index in [4.69, 9.17) is 9.15 Å². The van der Waals surface area contributed by atoms with Crippen molar-refractivity contribution >= 4 is 11.0 Å². The Morgan fingerprint density at radius 3 is 2.42 bits per heavy atom. The minimum Gasteiger partial charge on any atom is -0.497 e. The van der Waals surface area contributed by atoms with Crippen molar-refractivity contribution in [3.63, 3.8) is 0 Å². The zero-order chi connectivity index (χ0) is 18.7. The molecule has 26 heavy (non-hydrogen) atoms. The van der Waals surface area contributed by atoms with Gasteiger partial charge in [0.15, 0.2) is 0 Å². The lowest BCUT2D eigenvalue weighted by Crippen LogP contribution is -2.23. The highest BCUT2D eigenvalue weighted by atomic mass is 16.5. The molecular formula is C22H25NO3. The molecule has 4 heteroatoms. The summed E-state index contributed by atoms with van der Waals surface area (Å²) in [5.74, 6) is 0.856. The maximum Gasteiger partial charge on any atom is 0.336 e. The molecular weight excluding hydrogens is 326 g/mol. The van der Waals surface area contributed by atoms with Crippen LogP contribution in [0, 0.1) is 13.8 Å². The van der Waals surface area contributed by atoms with Crippen LogP contribution in [0.1, 0.15) is 29.2 Å². The van der Waals surface area contributed by atoms with E-state index in [1.165, 1.54) is 5.56 Å². The van der Waals surface area contributed by atoms with Crippen LogP contribution in [0.3, 0.4) is 0 Å². The number of hydrogen-bond acceptors (Lipinski definition) is 4. The van der Waals surface area contributed by atoms with Crippen molar-refractivity contribution in [1.82, 2.24) is 4.90 Å². The maximum atomic E-state index is 12.1. The second kappa shape index (κ2) is 7.75. The molecule has 0 aliphatic heterocycles. The second-order valence-corrected chi connectivity index (χ2v) is 6.63. The molecule has 0 atom stereocenters. The van der Waals surface area contributed by atoms with Crippen LogP contribution in [0.15, 0.2) is 51.7 Å². The van der Waals surface area contributed by atoms with E-state index in [9.17, 15) is 4.79 Å². The molecule has 4 nitrogen and oxygen atoms in total. The average Bonchev–Trinajstić information content (AvgIpc) is 2.65. The lowest BCUT2D eigenvalue weighted by molar-refractivity contribution is 0.271. The predicted octanol–water partition coefficient (Wildman–Crippen LogP) is 4.44. The Kier molecular flexibility index (Phi) is 5.43. The maximum absolute atomic E-state index is 12.1. The third-order valence-electron chi connectivity index (χ3n) is 4.92. The second-order valence-electron chi connectivity index (χ2n) is 6.63. The van der Waals surface area contributed by atoms with E-state index in [2.05, 4.69) is 36.1 Å². The Morgan fingerprint density at radius 1 is 1.04 bits per heavy atom. The van der Waals surface area contributed by atoms with Gasteiger partial charge in [0.2, 0.25) is 0 Å². The fraction of sp³-hybridized carbons (Fsp3) is 0.318. The van der Waals surface area contributed by atoms with Crippen molar-refractivity contribution in [3.8, 4) is 5.75 Å². The third kappa shape index (κ3) is 3.81. The highest BCUT2D eigenvalue weighted by molar-refractivity contribution is 5.83. The van der Waals surface area contributed by atoms with E-state index in [0.29, 0.717) is 12.1 Å². The summed E-state index contributed by atoms with van der Waals surface area (Å²) in [6.07, 6.45) is 0. The van der Waals surface area contributed by atoms with Crippen LogP contribution >= 0.6 is 0 Å². The van der Waals surface area contributed by atoms with Gasteiger partial charge in [0.25, 0.3) is 0 Å². The number of aryl methyl sites for hydroxylation is 2. The van der Waals surface area contributed by atoms with Crippen molar-refractivity contribution < 1.29 is 9.15 Å². The number of hydrogen-bond donors (Lipinski definition) is 0. The monoisotopic (exact) mass is 351 g/mol. The Morgan fingerprint density at radius 2 is 1.77 bits per heavy atom. The van der Waals surface area contributed by atoms with Crippen LogP contribution in [-0.2, 0) is 13.1 Å². The summed E-state index contributed by atoms with van der Waals surface area (Å²) in [7, 11) is 1.67. The van der Waals surface area contributed by atoms with Gasteiger partial charge in [-0.2, -0.15) is 0 Å². The summed E-state index contributed by atoms with van der Waals surface area (Å²) >= 11 is 0. The minimum absolute atomic E-state index is 0.290. The quantitative estimate of drug-likeness (QED) is 0.616. The molecule has 3 aromatic rings. The standard InChI is InChI=1S/C22H25NO3/c1-5-23(13-17-7-9-19(25-4)10-8-17)14-18-12-21(24)26-22-16(3)15(2)6-11-20(18)22/h6-12H,5,13-14H2,1-4H3. The van der Waals surface area contributed by atoms with Crippen LogP contribution in [0.4, 0.5) is 0 Å². The highest BCUT2D eigenvalue weighted by Gasteiger charge is 2.13. The van der Waals surface area contributed by atoms with Gasteiger partial charge in [0.05, 0.1) is 7.11 Å². The Hall–Kier alpha value is -2.59. The van der Waals surface area contributed by atoms with Gasteiger partial charge in [-0.15, -0.1) is 0 Å². The van der Waals surface area contributed by atoms with Gasteiger partial charge < -0.3 is 9.15 Å². The molecule has 1 aromatic heterocycles. The van der Waals surface area contributed by atoms with Gasteiger partial charge in [0, 0.05) is 24.5 Å². The van der Waals surface area contributed by atoms with E-state index < -0.39 is 0 Å². The van der Waals surface area contributed by atoms with Crippen LogP contribution in [0.5, 0.6) is 5.75 Å². The number of fused-ring (bicyclic) bond motifs is 1. The molecule has 1 heterocycles. The third-order valence-corrected chi connectivity index (χ3v) is 4.92. The first kappa shape index (κ1) is 18.2. The Labute approximate surface area is 154 Å². The van der Waals surface area contributed by atoms with Gasteiger partial charge in [-0.25, -0.2) is 4.79 Å². The van der Waals surface area contributed by atoms with Crippen molar-refractivity contribution in [1.29, 1.82) is 0 Å². The van der Waals surface area contributed by atoms with Crippen LogP contribution in [0.2, 0.25) is 0 Å². The molecule has 0 radical (unpaired) electrons. The molecule has 0 spiro atoms. The molecule has 0 unspecified atom stereocenters. The molecule has 0 bridgehead atoms. The Balaban J connectivity index is 1.90. The number of nitrogens with zero attached hydrogens (tertiary/aromatic N) is 1. The van der Waals surface area contributed by atoms with Gasteiger partial charge >= 0.3 is 5.63 Å². The topological polar surface area (TPSA) is 42.7 Å². The molecule has 0 saturated heterocycles. The lowest BCUT2D eigenvalue weighted by atomic mass is 10.0. The van der Waals surface area contributed by atoms with Gasteiger partial charge in [-0.3, -0.25) is 4.90 Å². The minimum atomic E-state index is -0.290. The van der Waals surface area contributed by atoms with Crippen molar-refractivity contribution in [2.24, 2.45) is 0 Å². The first-order valence-electron chi connectivity index (χ1n) is 8.90. The number of rotatable bonds is 6. The van der Waals surface area contributed by atoms with Crippen molar-refractivity contribution in [2.75, 3.05) is 13.7 Å². The first-order valence-corrected chi connectivity index (χ1v) is 8.90. The SMILES string of the molecule is CCN(Cc1ccc(OC)cc1)Cc1cc(=O)oc2c(C)c(C)ccc12. The van der Waals surface area contributed by atoms with E-state index in [0.717, 1.165) is 40.9 Å². The number of methoxy groups -OCH3 is 1. The molecule has 0 amide bonds. The van der Waals surface area contributed by atoms with Crippen LogP contribution in [-0.4, -0.2) is 18.6 Å². The van der Waals surface area contributed by atoms with Gasteiger partial charge in [-0.05, 0) is 54.8 Å². The number of ether oxygens (including phenoxy) is 1. The molecule has 0 N–H and O–H groups in total. The summed E-state index contributed by atoms with van der Waals surface area (Å²) in [5, 5.41) is 1.01. The smallest absolute Gasteiger partial charge is 0.336 e. The molecule has 0 saturated carbocycles. The van der Waals surface area contributed by atoms with Gasteiger partial charge in [0.1, 0.15) is 11.3 Å². The normalized spacial score (nSPS) is 11.3. The molecule has 0 aliphatic rings. The zero-order valence-corrected chi connectivity index (χ0v) is 15.8. The summed E-state index contributed by atoms with van der Waals surface area (Å²) in [6.45, 7) is 8.56. The Bertz CT molecular complexity index is 958. The predicted molar refractivity (Wildman–Crippen MR) is 105 cm³/mol. The number of benzene rings is 2. The highest BCUT2D eigenvalue weighted by Crippen LogP contribution is 2.24. The lowest BCUT2D eigenvalue weighted by Gasteiger charge is -2.21. The van der Waals surface area contributed by atoms with Crippen molar-refractivity contribution in [3.05, 3.63) is 75.1 Å². The summed E-state index contributed by atoms with van der Waals surface area (Å²) in [4.78, 5) is 14.4. The molecule has 2 aromatic carbocycles. The molecule has 136 valence electrons. The van der Waals surface area contributed by atoms with E-state index >= 15 is 0 Å². The van der Waals surface area contributed by atoms with E-state index in [1.54, 1.807) is 13.2 Å². The summed E-state index contributed by atoms with van der Waals surface area (Å²) < 4.78 is 10.7. The molecule has 0 fully saturated rings. The fourth-order valence-corrected chi connectivity index (χ4v) is 3.16. The van der Waals surface area contributed by atoms with Gasteiger partial charge in [-0.1, -0.05) is 31.2 Å². The van der Waals surface area contributed by atoms with E-state index in [1.807, 2.05) is 26.0 Å². The largest absolute Gasteiger partial charge is 0.497 e. The summed E-state index contributed by atoms with van der Waals surface area (Å²) in [6, 6.07) is 13.9. The first-order chi connectivity index (χ1) is 12.5. The van der Waals surface area contributed by atoms with E-state index in [-0.39, 0.29) is 5.63 Å².